The van der Waals surface area contributed by atoms with Crippen molar-refractivity contribution in [1.29, 1.82) is 0 Å². The quantitative estimate of drug-likeness (QED) is 0.483. The van der Waals surface area contributed by atoms with Gasteiger partial charge in [-0.2, -0.15) is 0 Å². The smallest absolute Gasteiger partial charge is 0.152 e. The predicted molar refractivity (Wildman–Crippen MR) is 106 cm³/mol. The maximum atomic E-state index is 6.28. The van der Waals surface area contributed by atoms with Crippen LogP contribution in [0.1, 0.15) is 56.6 Å². The van der Waals surface area contributed by atoms with Gasteiger partial charge in [-0.3, -0.25) is 10.3 Å². The molecule has 0 amide bonds. The van der Waals surface area contributed by atoms with E-state index in [1.165, 1.54) is 5.56 Å². The zero-order valence-electron chi connectivity index (χ0n) is 15.6. The van der Waals surface area contributed by atoms with E-state index in [9.17, 15) is 0 Å². The number of rotatable bonds is 9. The monoisotopic (exact) mass is 361 g/mol. The van der Waals surface area contributed by atoms with Crippen LogP contribution in [0.3, 0.4) is 0 Å². The molecule has 3 nitrogen and oxygen atoms in total. The Morgan fingerprint density at radius 1 is 1.00 bits per heavy atom. The molecule has 0 radical (unpaired) electrons. The molecule has 0 saturated carbocycles. The van der Waals surface area contributed by atoms with Crippen LogP contribution < -0.4 is 10.2 Å². The molecule has 0 saturated heterocycles. The molecule has 2 rings (SSSR count). The molecule has 0 atom stereocenters. The fourth-order valence-electron chi connectivity index (χ4n) is 3.12. The summed E-state index contributed by atoms with van der Waals surface area (Å²) in [6.07, 6.45) is 4.53. The third kappa shape index (κ3) is 5.38. The van der Waals surface area contributed by atoms with Gasteiger partial charge < -0.3 is 4.74 Å². The molecule has 0 aliphatic heterocycles. The molecule has 136 valence electrons. The van der Waals surface area contributed by atoms with Gasteiger partial charge in [0, 0.05) is 5.02 Å². The second-order valence-corrected chi connectivity index (χ2v) is 6.80. The second kappa shape index (κ2) is 9.69. The van der Waals surface area contributed by atoms with E-state index in [1.54, 1.807) is 7.11 Å². The Bertz CT molecular complexity index is 682. The van der Waals surface area contributed by atoms with Crippen LogP contribution in [0, 0.1) is 6.92 Å². The first kappa shape index (κ1) is 19.6. The summed E-state index contributed by atoms with van der Waals surface area (Å²) < 4.78 is 6.28. The molecule has 0 unspecified atom stereocenters. The first-order chi connectivity index (χ1) is 12.1. The summed E-state index contributed by atoms with van der Waals surface area (Å²) in [5, 5.41) is 0.749. The second-order valence-electron chi connectivity index (χ2n) is 6.36. The van der Waals surface area contributed by atoms with Gasteiger partial charge in [-0.05, 0) is 67.1 Å². The van der Waals surface area contributed by atoms with Crippen molar-refractivity contribution < 1.29 is 9.57 Å². The minimum atomic E-state index is 0.452. The molecule has 0 spiro atoms. The summed E-state index contributed by atoms with van der Waals surface area (Å²) in [6.45, 7) is 6.47. The fourth-order valence-corrected chi connectivity index (χ4v) is 3.31. The summed E-state index contributed by atoms with van der Waals surface area (Å²) >= 11 is 6.28. The Balaban J connectivity index is 2.39. The van der Waals surface area contributed by atoms with Gasteiger partial charge in [0.05, 0.1) is 7.11 Å². The minimum absolute atomic E-state index is 0.452. The van der Waals surface area contributed by atoms with Gasteiger partial charge >= 0.3 is 0 Å². The zero-order chi connectivity index (χ0) is 18.2. The maximum absolute atomic E-state index is 6.28. The van der Waals surface area contributed by atoms with E-state index < -0.39 is 0 Å². The number of hydrogen-bond acceptors (Lipinski definition) is 3. The Morgan fingerprint density at radius 2 is 1.68 bits per heavy atom. The van der Waals surface area contributed by atoms with Gasteiger partial charge in [0.2, 0.25) is 0 Å². The van der Waals surface area contributed by atoms with Crippen molar-refractivity contribution in [3.63, 3.8) is 0 Å². The number of aryl methyl sites for hydroxylation is 1. The summed E-state index contributed by atoms with van der Waals surface area (Å²) in [5.41, 5.74) is 6.03. The van der Waals surface area contributed by atoms with Crippen molar-refractivity contribution in [1.82, 2.24) is 0 Å². The van der Waals surface area contributed by atoms with Crippen molar-refractivity contribution in [3.05, 3.63) is 52.5 Å². The van der Waals surface area contributed by atoms with Gasteiger partial charge in [-0.25, -0.2) is 0 Å². The highest BCUT2D eigenvalue weighted by molar-refractivity contribution is 6.30. The first-order valence-corrected chi connectivity index (χ1v) is 9.33. The summed E-state index contributed by atoms with van der Waals surface area (Å²) in [7, 11) is 1.60. The number of hydrogen-bond donors (Lipinski definition) is 1. The van der Waals surface area contributed by atoms with Gasteiger partial charge in [0.15, 0.2) is 5.75 Å². The van der Waals surface area contributed by atoms with E-state index in [0.717, 1.165) is 53.5 Å². The summed E-state index contributed by atoms with van der Waals surface area (Å²) in [6, 6.07) is 11.9. The topological polar surface area (TPSA) is 30.5 Å². The number of ether oxygens (including phenoxy) is 1. The van der Waals surface area contributed by atoms with E-state index in [1.807, 2.05) is 43.3 Å². The van der Waals surface area contributed by atoms with Gasteiger partial charge in [-0.1, -0.05) is 44.4 Å². The SMILES string of the molecule is CCCC(CCC)c1cc(Cl)ccc1Oc1ccc(C)cc1NOC. The Hall–Kier alpha value is -1.71. The number of anilines is 1. The third-order valence-corrected chi connectivity index (χ3v) is 4.49. The molecular weight excluding hydrogens is 334 g/mol. The van der Waals surface area contributed by atoms with Crippen molar-refractivity contribution in [2.75, 3.05) is 12.6 Å². The Morgan fingerprint density at radius 3 is 2.32 bits per heavy atom. The fraction of sp³-hybridized carbons (Fsp3) is 0.429. The van der Waals surface area contributed by atoms with Crippen molar-refractivity contribution in [3.8, 4) is 11.5 Å². The zero-order valence-corrected chi connectivity index (χ0v) is 16.3. The van der Waals surface area contributed by atoms with Crippen molar-refractivity contribution in [2.45, 2.75) is 52.4 Å². The highest BCUT2D eigenvalue weighted by Crippen LogP contribution is 2.39. The summed E-state index contributed by atoms with van der Waals surface area (Å²) in [5.74, 6) is 2.05. The van der Waals surface area contributed by atoms with Crippen LogP contribution in [0.4, 0.5) is 5.69 Å². The Kier molecular flexibility index (Phi) is 7.60. The van der Waals surface area contributed by atoms with E-state index in [-0.39, 0.29) is 0 Å². The first-order valence-electron chi connectivity index (χ1n) is 8.96. The van der Waals surface area contributed by atoms with E-state index in [0.29, 0.717) is 5.92 Å². The lowest BCUT2D eigenvalue weighted by Crippen LogP contribution is -2.03. The highest BCUT2D eigenvalue weighted by Gasteiger charge is 2.17. The van der Waals surface area contributed by atoms with Crippen LogP contribution in [0.15, 0.2) is 36.4 Å². The maximum Gasteiger partial charge on any atom is 0.152 e. The number of halogens is 1. The summed E-state index contributed by atoms with van der Waals surface area (Å²) in [4.78, 5) is 5.08. The lowest BCUT2D eigenvalue weighted by molar-refractivity contribution is 0.269. The molecular formula is C21H28ClNO2. The van der Waals surface area contributed by atoms with E-state index in [4.69, 9.17) is 21.2 Å². The van der Waals surface area contributed by atoms with E-state index in [2.05, 4.69) is 19.3 Å². The average molecular weight is 362 g/mol. The van der Waals surface area contributed by atoms with E-state index >= 15 is 0 Å². The molecule has 0 aliphatic rings. The molecule has 0 heterocycles. The molecule has 4 heteroatoms. The minimum Gasteiger partial charge on any atom is -0.455 e. The lowest BCUT2D eigenvalue weighted by atomic mass is 9.90. The Labute approximate surface area is 156 Å². The average Bonchev–Trinajstić information content (AvgIpc) is 2.59. The van der Waals surface area contributed by atoms with Crippen molar-refractivity contribution in [2.24, 2.45) is 0 Å². The normalized spacial score (nSPS) is 11.0. The molecule has 2 aromatic rings. The standard InChI is InChI=1S/C21H28ClNO2/c1-5-7-16(8-6-2)18-14-17(22)10-12-20(18)25-21-11-9-15(3)13-19(21)23-24-4/h9-14,16,23H,5-8H2,1-4H3. The van der Waals surface area contributed by atoms with Crippen LogP contribution in [0.5, 0.6) is 11.5 Å². The molecule has 0 aliphatic carbocycles. The predicted octanol–water partition coefficient (Wildman–Crippen LogP) is 7.10. The molecule has 1 N–H and O–H groups in total. The van der Waals surface area contributed by atoms with Crippen LogP contribution >= 0.6 is 11.6 Å². The lowest BCUT2D eigenvalue weighted by Gasteiger charge is -2.21. The van der Waals surface area contributed by atoms with Gasteiger partial charge in [0.25, 0.3) is 0 Å². The van der Waals surface area contributed by atoms with Gasteiger partial charge in [0.1, 0.15) is 11.4 Å². The number of benzene rings is 2. The largest absolute Gasteiger partial charge is 0.455 e. The van der Waals surface area contributed by atoms with Crippen molar-refractivity contribution >= 4 is 17.3 Å². The molecule has 0 bridgehead atoms. The molecule has 0 fully saturated rings. The van der Waals surface area contributed by atoms with Crippen LogP contribution in [0.2, 0.25) is 5.02 Å². The number of nitrogens with one attached hydrogen (secondary N) is 1. The van der Waals surface area contributed by atoms with Crippen LogP contribution in [0.25, 0.3) is 0 Å². The highest BCUT2D eigenvalue weighted by atomic mass is 35.5. The molecule has 2 aromatic carbocycles. The van der Waals surface area contributed by atoms with Crippen LogP contribution in [-0.2, 0) is 4.84 Å². The van der Waals surface area contributed by atoms with Gasteiger partial charge in [-0.15, -0.1) is 0 Å². The molecule has 0 aromatic heterocycles. The third-order valence-electron chi connectivity index (χ3n) is 4.25. The van der Waals surface area contributed by atoms with Crippen LogP contribution in [-0.4, -0.2) is 7.11 Å². The molecule has 25 heavy (non-hydrogen) atoms.